The van der Waals surface area contributed by atoms with Crippen LogP contribution < -0.4 is 10.5 Å². The lowest BCUT2D eigenvalue weighted by molar-refractivity contribution is 0.452. The second-order valence-electron chi connectivity index (χ2n) is 3.21. The Balaban J connectivity index is 2.44. The van der Waals surface area contributed by atoms with Gasteiger partial charge >= 0.3 is 0 Å². The molecule has 0 amide bonds. The van der Waals surface area contributed by atoms with Crippen molar-refractivity contribution in [1.82, 2.24) is 9.97 Å². The first-order valence-electron chi connectivity index (χ1n) is 4.76. The third-order valence-corrected chi connectivity index (χ3v) is 2.57. The highest BCUT2D eigenvalue weighted by molar-refractivity contribution is 9.10. The maximum atomic E-state index is 13.4. The summed E-state index contributed by atoms with van der Waals surface area (Å²) in [5.41, 5.74) is 5.23. The Hall–Kier alpha value is -2.20. The van der Waals surface area contributed by atoms with Gasteiger partial charge in [0.1, 0.15) is 23.2 Å². The Morgan fingerprint density at radius 2 is 2.22 bits per heavy atom. The Bertz CT molecular complexity index is 641. The minimum Gasteiger partial charge on any atom is -0.436 e. The van der Waals surface area contributed by atoms with Crippen molar-refractivity contribution in [2.45, 2.75) is 0 Å². The van der Waals surface area contributed by atoms with E-state index in [-0.39, 0.29) is 23.1 Å². The molecule has 2 rings (SSSR count). The van der Waals surface area contributed by atoms with Gasteiger partial charge in [0.05, 0.1) is 10.7 Å². The zero-order chi connectivity index (χ0) is 13.1. The van der Waals surface area contributed by atoms with Crippen LogP contribution in [-0.4, -0.2) is 9.97 Å². The average Bonchev–Trinajstić information content (AvgIpc) is 2.34. The van der Waals surface area contributed by atoms with Gasteiger partial charge in [0.2, 0.25) is 11.8 Å². The number of aromatic nitrogens is 2. The molecule has 5 nitrogen and oxygen atoms in total. The molecule has 0 aliphatic heterocycles. The van der Waals surface area contributed by atoms with Crippen LogP contribution >= 0.6 is 15.9 Å². The second kappa shape index (κ2) is 4.98. The van der Waals surface area contributed by atoms with Crippen LogP contribution in [0.15, 0.2) is 28.9 Å². The minimum absolute atomic E-state index is 0.0168. The molecule has 0 saturated heterocycles. The van der Waals surface area contributed by atoms with Crippen LogP contribution in [0.2, 0.25) is 0 Å². The van der Waals surface area contributed by atoms with E-state index < -0.39 is 5.82 Å². The summed E-state index contributed by atoms with van der Waals surface area (Å²) in [5.74, 6) is -0.461. The molecule has 2 N–H and O–H groups in total. The molecule has 0 spiro atoms. The van der Waals surface area contributed by atoms with Crippen LogP contribution in [0.25, 0.3) is 0 Å². The van der Waals surface area contributed by atoms with Crippen molar-refractivity contribution in [3.8, 4) is 17.7 Å². The monoisotopic (exact) mass is 308 g/mol. The lowest BCUT2D eigenvalue weighted by Crippen LogP contribution is -1.99. The fourth-order valence-corrected chi connectivity index (χ4v) is 1.51. The van der Waals surface area contributed by atoms with E-state index in [2.05, 4.69) is 25.9 Å². The van der Waals surface area contributed by atoms with E-state index in [4.69, 9.17) is 15.7 Å². The molecular formula is C11H6BrFN4O. The molecule has 0 unspecified atom stereocenters. The summed E-state index contributed by atoms with van der Waals surface area (Å²) in [6, 6.07) is 5.80. The van der Waals surface area contributed by atoms with Gasteiger partial charge in [-0.2, -0.15) is 10.2 Å². The SMILES string of the molecule is N#Cc1c(F)cccc1Oc1nc(N)ncc1Br. The third kappa shape index (κ3) is 2.38. The van der Waals surface area contributed by atoms with Crippen molar-refractivity contribution in [2.75, 3.05) is 5.73 Å². The smallest absolute Gasteiger partial charge is 0.238 e. The fraction of sp³-hybridized carbons (Fsp3) is 0. The average molecular weight is 309 g/mol. The summed E-state index contributed by atoms with van der Waals surface area (Å²) in [5, 5.41) is 8.86. The number of anilines is 1. The van der Waals surface area contributed by atoms with Crippen LogP contribution in [0.3, 0.4) is 0 Å². The molecule has 0 saturated carbocycles. The number of nitrogens with two attached hydrogens (primary N) is 1. The van der Waals surface area contributed by atoms with Gasteiger partial charge in [-0.05, 0) is 28.1 Å². The molecule has 0 aliphatic carbocycles. The van der Waals surface area contributed by atoms with E-state index in [9.17, 15) is 4.39 Å². The number of nitrogen functional groups attached to an aromatic ring is 1. The number of nitrogens with zero attached hydrogens (tertiary/aromatic N) is 3. The molecule has 0 fully saturated rings. The molecule has 1 heterocycles. The molecule has 7 heteroatoms. The highest BCUT2D eigenvalue weighted by atomic mass is 79.9. The fourth-order valence-electron chi connectivity index (χ4n) is 1.24. The first-order chi connectivity index (χ1) is 8.61. The molecule has 1 aromatic carbocycles. The van der Waals surface area contributed by atoms with Gasteiger partial charge in [0.15, 0.2) is 0 Å². The Kier molecular flexibility index (Phi) is 3.39. The van der Waals surface area contributed by atoms with Crippen molar-refractivity contribution in [1.29, 1.82) is 5.26 Å². The van der Waals surface area contributed by atoms with Crippen molar-refractivity contribution in [2.24, 2.45) is 0 Å². The van der Waals surface area contributed by atoms with E-state index in [1.807, 2.05) is 0 Å². The maximum absolute atomic E-state index is 13.4. The van der Waals surface area contributed by atoms with Crippen molar-refractivity contribution >= 4 is 21.9 Å². The summed E-state index contributed by atoms with van der Waals surface area (Å²) in [4.78, 5) is 7.58. The predicted octanol–water partition coefficient (Wildman–Crippen LogP) is 2.62. The van der Waals surface area contributed by atoms with Gasteiger partial charge in [-0.25, -0.2) is 9.37 Å². The van der Waals surface area contributed by atoms with Crippen molar-refractivity contribution in [3.05, 3.63) is 40.2 Å². The molecule has 1 aromatic heterocycles. The predicted molar refractivity (Wildman–Crippen MR) is 65.3 cm³/mol. The molecule has 0 radical (unpaired) electrons. The Morgan fingerprint density at radius 1 is 1.44 bits per heavy atom. The van der Waals surface area contributed by atoms with Gasteiger partial charge in [0.25, 0.3) is 0 Å². The van der Waals surface area contributed by atoms with Crippen LogP contribution in [0.5, 0.6) is 11.6 Å². The molecule has 0 atom stereocenters. The molecule has 90 valence electrons. The summed E-state index contributed by atoms with van der Waals surface area (Å²) in [7, 11) is 0. The maximum Gasteiger partial charge on any atom is 0.238 e. The number of benzene rings is 1. The number of hydrogen-bond donors (Lipinski definition) is 1. The highest BCUT2D eigenvalue weighted by Gasteiger charge is 2.12. The van der Waals surface area contributed by atoms with Crippen molar-refractivity contribution in [3.63, 3.8) is 0 Å². The lowest BCUT2D eigenvalue weighted by Gasteiger charge is -2.08. The Labute approximate surface area is 110 Å². The molecular weight excluding hydrogens is 303 g/mol. The van der Waals surface area contributed by atoms with Crippen molar-refractivity contribution < 1.29 is 9.13 Å². The van der Waals surface area contributed by atoms with Crippen LogP contribution in [0, 0.1) is 17.1 Å². The van der Waals surface area contributed by atoms with Gasteiger partial charge in [-0.15, -0.1) is 0 Å². The normalized spacial score (nSPS) is 9.83. The minimum atomic E-state index is -0.659. The highest BCUT2D eigenvalue weighted by Crippen LogP contribution is 2.30. The zero-order valence-corrected chi connectivity index (χ0v) is 10.5. The first-order valence-corrected chi connectivity index (χ1v) is 5.55. The van der Waals surface area contributed by atoms with E-state index >= 15 is 0 Å². The quantitative estimate of drug-likeness (QED) is 0.921. The number of ether oxygens (including phenoxy) is 1. The lowest BCUT2D eigenvalue weighted by atomic mass is 10.2. The largest absolute Gasteiger partial charge is 0.436 e. The van der Waals surface area contributed by atoms with E-state index in [0.717, 1.165) is 0 Å². The van der Waals surface area contributed by atoms with Gasteiger partial charge in [-0.3, -0.25) is 0 Å². The van der Waals surface area contributed by atoms with Crippen LogP contribution in [0.1, 0.15) is 5.56 Å². The van der Waals surface area contributed by atoms with Crippen LogP contribution in [-0.2, 0) is 0 Å². The number of rotatable bonds is 2. The number of halogens is 2. The van der Waals surface area contributed by atoms with Gasteiger partial charge < -0.3 is 10.5 Å². The summed E-state index contributed by atoms with van der Waals surface area (Å²) < 4.78 is 19.2. The number of nitriles is 1. The zero-order valence-electron chi connectivity index (χ0n) is 8.89. The molecule has 18 heavy (non-hydrogen) atoms. The summed E-state index contributed by atoms with van der Waals surface area (Å²) in [6.45, 7) is 0. The van der Waals surface area contributed by atoms with E-state index in [0.29, 0.717) is 4.47 Å². The molecule has 2 aromatic rings. The number of hydrogen-bond acceptors (Lipinski definition) is 5. The summed E-state index contributed by atoms with van der Waals surface area (Å²) in [6.07, 6.45) is 1.41. The topological polar surface area (TPSA) is 84.8 Å². The second-order valence-corrected chi connectivity index (χ2v) is 4.06. The van der Waals surface area contributed by atoms with Gasteiger partial charge in [0, 0.05) is 0 Å². The first kappa shape index (κ1) is 12.3. The summed E-state index contributed by atoms with van der Waals surface area (Å²) >= 11 is 3.17. The van der Waals surface area contributed by atoms with E-state index in [1.54, 1.807) is 6.07 Å². The molecule has 0 bridgehead atoms. The van der Waals surface area contributed by atoms with Gasteiger partial charge in [-0.1, -0.05) is 6.07 Å². The standard InChI is InChI=1S/C11H6BrFN4O/c12-7-5-16-11(15)17-10(7)18-9-3-1-2-8(13)6(9)4-14/h1-3,5H,(H2,15,16,17). The molecule has 0 aliphatic rings. The van der Waals surface area contributed by atoms with Crippen LogP contribution in [0.4, 0.5) is 10.3 Å². The Morgan fingerprint density at radius 3 is 2.94 bits per heavy atom. The third-order valence-electron chi connectivity index (χ3n) is 2.02. The van der Waals surface area contributed by atoms with E-state index in [1.165, 1.54) is 24.4 Å².